The van der Waals surface area contributed by atoms with Crippen LogP contribution in [-0.2, 0) is 9.53 Å². The molecular formula is C17H24F2N2O2. The van der Waals surface area contributed by atoms with Crippen LogP contribution in [0.15, 0.2) is 18.2 Å². The molecule has 1 fully saturated rings. The maximum atomic E-state index is 14.0. The molecule has 4 nitrogen and oxygen atoms in total. The Morgan fingerprint density at radius 2 is 1.87 bits per heavy atom. The van der Waals surface area contributed by atoms with Gasteiger partial charge in [-0.15, -0.1) is 0 Å². The molecule has 0 aromatic heterocycles. The summed E-state index contributed by atoms with van der Waals surface area (Å²) in [6.07, 6.45) is 1.30. The summed E-state index contributed by atoms with van der Waals surface area (Å²) in [7, 11) is 3.47. The Morgan fingerprint density at radius 3 is 2.39 bits per heavy atom. The lowest BCUT2D eigenvalue weighted by Gasteiger charge is -2.33. The maximum absolute atomic E-state index is 14.0. The van der Waals surface area contributed by atoms with E-state index in [0.717, 1.165) is 0 Å². The minimum Gasteiger partial charge on any atom is -0.381 e. The summed E-state index contributed by atoms with van der Waals surface area (Å²) >= 11 is 0. The Labute approximate surface area is 135 Å². The molecular weight excluding hydrogens is 302 g/mol. The number of likely N-dealkylation sites (N-methyl/N-ethyl adjacent to an activating group) is 1. The fourth-order valence-electron chi connectivity index (χ4n) is 2.82. The third-order valence-corrected chi connectivity index (χ3v) is 4.56. The lowest BCUT2D eigenvalue weighted by atomic mass is 9.81. The van der Waals surface area contributed by atoms with Crippen LogP contribution in [0, 0.1) is 17.0 Å². The number of benzene rings is 1. The van der Waals surface area contributed by atoms with Gasteiger partial charge in [0.25, 0.3) is 0 Å². The van der Waals surface area contributed by atoms with E-state index in [1.807, 2.05) is 6.92 Å². The van der Waals surface area contributed by atoms with E-state index in [0.29, 0.717) is 26.1 Å². The average Bonchev–Trinajstić information content (AvgIpc) is 2.50. The van der Waals surface area contributed by atoms with Gasteiger partial charge in [0.05, 0.1) is 11.5 Å². The van der Waals surface area contributed by atoms with Gasteiger partial charge in [-0.25, -0.2) is 8.78 Å². The largest absolute Gasteiger partial charge is 0.381 e. The molecule has 128 valence electrons. The Kier molecular flexibility index (Phi) is 5.70. The molecule has 6 heteroatoms. The van der Waals surface area contributed by atoms with E-state index in [1.165, 1.54) is 18.2 Å². The predicted molar refractivity (Wildman–Crippen MR) is 84.0 cm³/mol. The first-order chi connectivity index (χ1) is 10.8. The number of hydrogen-bond acceptors (Lipinski definition) is 3. The molecule has 1 aliphatic heterocycles. The quantitative estimate of drug-likeness (QED) is 0.904. The van der Waals surface area contributed by atoms with Gasteiger partial charge in [-0.05, 0) is 39.1 Å². The van der Waals surface area contributed by atoms with Gasteiger partial charge < -0.3 is 15.0 Å². The molecule has 0 saturated carbocycles. The van der Waals surface area contributed by atoms with Crippen molar-refractivity contribution in [1.82, 2.24) is 10.2 Å². The van der Waals surface area contributed by atoms with E-state index in [2.05, 4.69) is 5.32 Å². The summed E-state index contributed by atoms with van der Waals surface area (Å²) in [6, 6.07) is 3.24. The van der Waals surface area contributed by atoms with E-state index in [4.69, 9.17) is 4.74 Å². The summed E-state index contributed by atoms with van der Waals surface area (Å²) in [4.78, 5) is 14.2. The van der Waals surface area contributed by atoms with Crippen molar-refractivity contribution in [2.45, 2.75) is 25.8 Å². The highest BCUT2D eigenvalue weighted by Crippen LogP contribution is 2.30. The molecule has 1 N–H and O–H groups in total. The first-order valence-electron chi connectivity index (χ1n) is 7.81. The number of hydrogen-bond donors (Lipinski definition) is 1. The Bertz CT molecular complexity index is 537. The number of rotatable bonds is 5. The monoisotopic (exact) mass is 326 g/mol. The second kappa shape index (κ2) is 7.36. The van der Waals surface area contributed by atoms with Gasteiger partial charge in [-0.3, -0.25) is 4.79 Å². The third kappa shape index (κ3) is 4.06. The highest BCUT2D eigenvalue weighted by Gasteiger charge is 2.35. The molecule has 0 bridgehead atoms. The van der Waals surface area contributed by atoms with Crippen LogP contribution in [0.25, 0.3) is 0 Å². The summed E-state index contributed by atoms with van der Waals surface area (Å²) in [5.41, 5.74) is -0.502. The Morgan fingerprint density at radius 1 is 1.30 bits per heavy atom. The zero-order chi connectivity index (χ0) is 17.0. The van der Waals surface area contributed by atoms with Gasteiger partial charge in [0.2, 0.25) is 5.91 Å². The van der Waals surface area contributed by atoms with Gasteiger partial charge in [0.15, 0.2) is 0 Å². The molecule has 1 amide bonds. The van der Waals surface area contributed by atoms with E-state index in [9.17, 15) is 13.6 Å². The van der Waals surface area contributed by atoms with E-state index in [1.54, 1.807) is 19.0 Å². The normalized spacial score (nSPS) is 18.7. The molecule has 0 spiro atoms. The number of carbonyl (C=O) groups is 1. The smallest absolute Gasteiger partial charge is 0.226 e. The fraction of sp³-hybridized carbons (Fsp3) is 0.588. The topological polar surface area (TPSA) is 41.6 Å². The van der Waals surface area contributed by atoms with Crippen molar-refractivity contribution in [3.8, 4) is 0 Å². The van der Waals surface area contributed by atoms with Gasteiger partial charge in [0, 0.05) is 25.3 Å². The molecule has 1 saturated heterocycles. The standard InChI is InChI=1S/C17H24F2N2O2/c1-17(7-9-23-10-8-17)16(22)20-11-14(21(2)3)15-12(18)5-4-6-13(15)19/h4-6,14H,7-11H2,1-3H3,(H,20,22)/t14-/m1/s1. The van der Waals surface area contributed by atoms with Crippen molar-refractivity contribution in [2.24, 2.45) is 5.41 Å². The van der Waals surface area contributed by atoms with Gasteiger partial charge in [-0.1, -0.05) is 13.0 Å². The Balaban J connectivity index is 2.10. The second-order valence-electron chi connectivity index (χ2n) is 6.50. The van der Waals surface area contributed by atoms with Crippen molar-refractivity contribution in [1.29, 1.82) is 0 Å². The van der Waals surface area contributed by atoms with Crippen molar-refractivity contribution >= 4 is 5.91 Å². The predicted octanol–water partition coefficient (Wildman–Crippen LogP) is 2.50. The lowest BCUT2D eigenvalue weighted by molar-refractivity contribution is -0.135. The zero-order valence-corrected chi connectivity index (χ0v) is 13.9. The number of carbonyl (C=O) groups excluding carboxylic acids is 1. The van der Waals surface area contributed by atoms with Crippen LogP contribution >= 0.6 is 0 Å². The number of nitrogens with one attached hydrogen (secondary N) is 1. The molecule has 1 aromatic carbocycles. The van der Waals surface area contributed by atoms with Crippen LogP contribution in [0.5, 0.6) is 0 Å². The SMILES string of the molecule is CN(C)[C@H](CNC(=O)C1(C)CCOCC1)c1c(F)cccc1F. The first kappa shape index (κ1) is 17.8. The lowest BCUT2D eigenvalue weighted by Crippen LogP contribution is -2.45. The summed E-state index contributed by atoms with van der Waals surface area (Å²) in [5, 5.41) is 2.86. The first-order valence-corrected chi connectivity index (χ1v) is 7.81. The molecule has 1 aromatic rings. The molecule has 1 heterocycles. The van der Waals surface area contributed by atoms with Crippen molar-refractivity contribution < 1.29 is 18.3 Å². The van der Waals surface area contributed by atoms with Crippen LogP contribution in [-0.4, -0.2) is 44.7 Å². The molecule has 0 radical (unpaired) electrons. The van der Waals surface area contributed by atoms with Crippen LogP contribution < -0.4 is 5.32 Å². The average molecular weight is 326 g/mol. The third-order valence-electron chi connectivity index (χ3n) is 4.56. The molecule has 2 rings (SSSR count). The van der Waals surface area contributed by atoms with Crippen molar-refractivity contribution in [3.63, 3.8) is 0 Å². The van der Waals surface area contributed by atoms with Crippen molar-refractivity contribution in [3.05, 3.63) is 35.4 Å². The van der Waals surface area contributed by atoms with Crippen LogP contribution in [0.3, 0.4) is 0 Å². The number of nitrogens with zero attached hydrogens (tertiary/aromatic N) is 1. The summed E-state index contributed by atoms with van der Waals surface area (Å²) in [6.45, 7) is 3.17. The number of amides is 1. The zero-order valence-electron chi connectivity index (χ0n) is 13.9. The van der Waals surface area contributed by atoms with Crippen LogP contribution in [0.4, 0.5) is 8.78 Å². The molecule has 1 atom stereocenters. The maximum Gasteiger partial charge on any atom is 0.226 e. The second-order valence-corrected chi connectivity index (χ2v) is 6.50. The van der Waals surface area contributed by atoms with E-state index >= 15 is 0 Å². The van der Waals surface area contributed by atoms with E-state index < -0.39 is 23.1 Å². The number of ether oxygens (including phenoxy) is 1. The number of halogens is 2. The molecule has 23 heavy (non-hydrogen) atoms. The highest BCUT2D eigenvalue weighted by molar-refractivity contribution is 5.82. The minimum absolute atomic E-state index is 0.0186. The summed E-state index contributed by atoms with van der Waals surface area (Å²) < 4.78 is 33.3. The van der Waals surface area contributed by atoms with Gasteiger partial charge in [-0.2, -0.15) is 0 Å². The van der Waals surface area contributed by atoms with Gasteiger partial charge in [0.1, 0.15) is 11.6 Å². The molecule has 1 aliphatic rings. The summed E-state index contributed by atoms with van der Waals surface area (Å²) in [5.74, 6) is -1.30. The van der Waals surface area contributed by atoms with Crippen LogP contribution in [0.1, 0.15) is 31.4 Å². The minimum atomic E-state index is -0.602. The highest BCUT2D eigenvalue weighted by atomic mass is 19.1. The molecule has 0 aliphatic carbocycles. The van der Waals surface area contributed by atoms with Crippen LogP contribution in [0.2, 0.25) is 0 Å². The van der Waals surface area contributed by atoms with Crippen molar-refractivity contribution in [2.75, 3.05) is 33.9 Å². The van der Waals surface area contributed by atoms with E-state index in [-0.39, 0.29) is 18.0 Å². The van der Waals surface area contributed by atoms with Gasteiger partial charge >= 0.3 is 0 Å². The molecule has 0 unspecified atom stereocenters. The Hall–Kier alpha value is -1.53. The fourth-order valence-corrected chi connectivity index (χ4v) is 2.82.